The Morgan fingerprint density at radius 1 is 1.33 bits per heavy atom. The van der Waals surface area contributed by atoms with Gasteiger partial charge in [-0.05, 0) is 25.0 Å². The van der Waals surface area contributed by atoms with E-state index in [1.807, 2.05) is 31.3 Å². The van der Waals surface area contributed by atoms with Crippen LogP contribution in [0.1, 0.15) is 24.5 Å². The fourth-order valence-corrected chi connectivity index (χ4v) is 2.47. The van der Waals surface area contributed by atoms with Crippen molar-refractivity contribution in [2.75, 3.05) is 12.4 Å². The average molecular weight is 263 g/mol. The molecule has 1 heterocycles. The van der Waals surface area contributed by atoms with E-state index in [0.717, 1.165) is 35.5 Å². The van der Waals surface area contributed by atoms with Crippen molar-refractivity contribution >= 4 is 18.0 Å². The van der Waals surface area contributed by atoms with E-state index in [0.29, 0.717) is 5.92 Å². The van der Waals surface area contributed by atoms with E-state index in [2.05, 4.69) is 10.3 Å². The SMILES string of the molecule is CNc1ccc(-c2c(C3CC3)ncn2SF)cc1. The van der Waals surface area contributed by atoms with E-state index in [-0.39, 0.29) is 12.3 Å². The summed E-state index contributed by atoms with van der Waals surface area (Å²) in [5.74, 6) is 0.511. The van der Waals surface area contributed by atoms with Crippen LogP contribution in [0.4, 0.5) is 9.57 Å². The Labute approximate surface area is 110 Å². The third-order valence-corrected chi connectivity index (χ3v) is 3.68. The Balaban J connectivity index is 2.05. The highest BCUT2D eigenvalue weighted by atomic mass is 32.2. The standard InChI is InChI=1S/C13H14FN3S/c1-15-11-6-4-10(5-7-11)13-12(9-2-3-9)16-8-17(13)18-14/h4-9,15H,2-3H2,1H3. The highest BCUT2D eigenvalue weighted by Gasteiger charge is 2.30. The summed E-state index contributed by atoms with van der Waals surface area (Å²) in [4.78, 5) is 4.35. The minimum absolute atomic E-state index is 0.205. The van der Waals surface area contributed by atoms with Gasteiger partial charge in [0.05, 0.1) is 11.4 Å². The Morgan fingerprint density at radius 2 is 2.06 bits per heavy atom. The summed E-state index contributed by atoms with van der Waals surface area (Å²) in [7, 11) is 1.88. The van der Waals surface area contributed by atoms with Crippen LogP contribution in [-0.2, 0) is 0 Å². The van der Waals surface area contributed by atoms with Crippen molar-refractivity contribution in [1.29, 1.82) is 0 Å². The third kappa shape index (κ3) is 1.99. The number of hydrogen-bond donors (Lipinski definition) is 1. The molecule has 1 saturated carbocycles. The molecule has 5 heteroatoms. The monoisotopic (exact) mass is 263 g/mol. The fourth-order valence-electron chi connectivity index (χ4n) is 2.12. The number of nitrogens with one attached hydrogen (secondary N) is 1. The Bertz CT molecular complexity index is 546. The Hall–Kier alpha value is -1.49. The van der Waals surface area contributed by atoms with Crippen LogP contribution in [0.15, 0.2) is 30.6 Å². The van der Waals surface area contributed by atoms with Crippen molar-refractivity contribution in [2.45, 2.75) is 18.8 Å². The first-order valence-electron chi connectivity index (χ1n) is 5.98. The summed E-state index contributed by atoms with van der Waals surface area (Å²) in [6, 6.07) is 7.99. The topological polar surface area (TPSA) is 29.9 Å². The number of anilines is 1. The first-order chi connectivity index (χ1) is 8.83. The molecule has 0 aliphatic heterocycles. The van der Waals surface area contributed by atoms with Crippen molar-refractivity contribution in [3.05, 3.63) is 36.3 Å². The van der Waals surface area contributed by atoms with E-state index in [4.69, 9.17) is 0 Å². The van der Waals surface area contributed by atoms with E-state index in [9.17, 15) is 3.89 Å². The second kappa shape index (κ2) is 4.65. The maximum atomic E-state index is 12.9. The first-order valence-corrected chi connectivity index (χ1v) is 6.65. The molecule has 0 atom stereocenters. The molecule has 1 fully saturated rings. The van der Waals surface area contributed by atoms with Crippen molar-refractivity contribution in [1.82, 2.24) is 8.96 Å². The molecule has 3 nitrogen and oxygen atoms in total. The Morgan fingerprint density at radius 3 is 2.61 bits per heavy atom. The van der Waals surface area contributed by atoms with Crippen LogP contribution in [0, 0.1) is 0 Å². The van der Waals surface area contributed by atoms with Crippen LogP contribution in [0.2, 0.25) is 0 Å². The van der Waals surface area contributed by atoms with Gasteiger partial charge in [-0.15, -0.1) is 3.89 Å². The van der Waals surface area contributed by atoms with Crippen LogP contribution in [0.25, 0.3) is 11.3 Å². The number of benzene rings is 1. The van der Waals surface area contributed by atoms with Crippen LogP contribution >= 0.6 is 12.3 Å². The van der Waals surface area contributed by atoms with Crippen molar-refractivity contribution < 1.29 is 3.89 Å². The summed E-state index contributed by atoms with van der Waals surface area (Å²) in [6.45, 7) is 0. The molecule has 0 saturated heterocycles. The fraction of sp³-hybridized carbons (Fsp3) is 0.308. The van der Waals surface area contributed by atoms with Gasteiger partial charge in [0.2, 0.25) is 0 Å². The first kappa shape index (κ1) is 11.6. The minimum atomic E-state index is 0.205. The lowest BCUT2D eigenvalue weighted by molar-refractivity contribution is 0.916. The lowest BCUT2D eigenvalue weighted by Gasteiger charge is -2.07. The molecule has 2 aromatic rings. The van der Waals surface area contributed by atoms with Gasteiger partial charge in [0.25, 0.3) is 0 Å². The molecule has 94 valence electrons. The maximum absolute atomic E-state index is 12.9. The van der Waals surface area contributed by atoms with Crippen molar-refractivity contribution in [3.63, 3.8) is 0 Å². The lowest BCUT2D eigenvalue weighted by atomic mass is 10.1. The van der Waals surface area contributed by atoms with Gasteiger partial charge in [-0.25, -0.2) is 8.96 Å². The van der Waals surface area contributed by atoms with Crippen LogP contribution in [0.5, 0.6) is 0 Å². The van der Waals surface area contributed by atoms with Crippen LogP contribution in [0.3, 0.4) is 0 Å². The molecule has 0 spiro atoms. The maximum Gasteiger partial charge on any atom is 0.171 e. The molecule has 1 aliphatic carbocycles. The van der Waals surface area contributed by atoms with Crippen molar-refractivity contribution in [3.8, 4) is 11.3 Å². The summed E-state index contributed by atoms with van der Waals surface area (Å²) >= 11 is 0.205. The number of rotatable bonds is 4. The number of halogens is 1. The molecule has 0 unspecified atom stereocenters. The highest BCUT2D eigenvalue weighted by molar-refractivity contribution is 7.92. The molecule has 3 rings (SSSR count). The van der Waals surface area contributed by atoms with Crippen LogP contribution in [-0.4, -0.2) is 16.0 Å². The number of hydrogen-bond acceptors (Lipinski definition) is 3. The highest BCUT2D eigenvalue weighted by Crippen LogP contribution is 2.44. The van der Waals surface area contributed by atoms with Gasteiger partial charge in [-0.2, -0.15) is 0 Å². The number of imidazole rings is 1. The van der Waals surface area contributed by atoms with E-state index >= 15 is 0 Å². The minimum Gasteiger partial charge on any atom is -0.388 e. The van der Waals surface area contributed by atoms with E-state index < -0.39 is 0 Å². The van der Waals surface area contributed by atoms with E-state index in [1.54, 1.807) is 6.33 Å². The van der Waals surface area contributed by atoms with Gasteiger partial charge in [0, 0.05) is 24.2 Å². The summed E-state index contributed by atoms with van der Waals surface area (Å²) < 4.78 is 14.4. The van der Waals surface area contributed by atoms with Gasteiger partial charge in [0.1, 0.15) is 6.33 Å². The van der Waals surface area contributed by atoms with Gasteiger partial charge >= 0.3 is 0 Å². The average Bonchev–Trinajstić information content (AvgIpc) is 3.18. The second-order valence-electron chi connectivity index (χ2n) is 4.47. The molecular weight excluding hydrogens is 249 g/mol. The molecule has 1 N–H and O–H groups in total. The molecule has 1 aliphatic rings. The summed E-state index contributed by atoms with van der Waals surface area (Å²) in [6.07, 6.45) is 3.89. The van der Waals surface area contributed by atoms with Gasteiger partial charge in [-0.1, -0.05) is 12.1 Å². The summed E-state index contributed by atoms with van der Waals surface area (Å²) in [5, 5.41) is 3.08. The number of nitrogens with zero attached hydrogens (tertiary/aromatic N) is 2. The van der Waals surface area contributed by atoms with E-state index in [1.165, 1.54) is 3.97 Å². The zero-order valence-corrected chi connectivity index (χ0v) is 10.9. The van der Waals surface area contributed by atoms with Crippen molar-refractivity contribution in [2.24, 2.45) is 0 Å². The molecule has 18 heavy (non-hydrogen) atoms. The number of aromatic nitrogens is 2. The molecular formula is C13H14FN3S. The summed E-state index contributed by atoms with van der Waals surface area (Å²) in [5.41, 5.74) is 3.98. The zero-order valence-electron chi connectivity index (χ0n) is 10.1. The second-order valence-corrected chi connectivity index (χ2v) is 5.01. The molecule has 1 aromatic carbocycles. The molecule has 1 aromatic heterocycles. The van der Waals surface area contributed by atoms with Gasteiger partial charge in [-0.3, -0.25) is 0 Å². The largest absolute Gasteiger partial charge is 0.388 e. The van der Waals surface area contributed by atoms with Gasteiger partial charge < -0.3 is 5.32 Å². The molecule has 0 radical (unpaired) electrons. The smallest absolute Gasteiger partial charge is 0.171 e. The molecule has 0 bridgehead atoms. The Kier molecular flexibility index (Phi) is 2.99. The van der Waals surface area contributed by atoms with Crippen LogP contribution < -0.4 is 5.32 Å². The predicted molar refractivity (Wildman–Crippen MR) is 73.3 cm³/mol. The third-order valence-electron chi connectivity index (χ3n) is 3.25. The quantitative estimate of drug-likeness (QED) is 0.908. The zero-order chi connectivity index (χ0) is 12.5. The normalized spacial score (nSPS) is 14.8. The lowest BCUT2D eigenvalue weighted by Crippen LogP contribution is -1.92. The predicted octanol–water partition coefficient (Wildman–Crippen LogP) is 3.85. The van der Waals surface area contributed by atoms with Gasteiger partial charge in [0.15, 0.2) is 12.3 Å². The molecule has 0 amide bonds.